The number of nitrogens with one attached hydrogen (secondary N) is 1. The molecule has 2 saturated heterocycles. The lowest BCUT2D eigenvalue weighted by atomic mass is 10.2. The van der Waals surface area contributed by atoms with Gasteiger partial charge in [-0.25, -0.2) is 0 Å². The van der Waals surface area contributed by atoms with Crippen LogP contribution in [0.15, 0.2) is 0 Å². The van der Waals surface area contributed by atoms with E-state index in [1.54, 1.807) is 0 Å². The standard InChI is InChI=1S/C9H17NO2S/c1-9(2)11-5-3-7(12-9)8-10-4-6-13-8/h7-8,10H,3-6H2,1-2H3. The first-order valence-electron chi connectivity index (χ1n) is 4.84. The molecule has 2 atom stereocenters. The summed E-state index contributed by atoms with van der Waals surface area (Å²) in [5, 5.41) is 3.92. The van der Waals surface area contributed by atoms with Gasteiger partial charge in [0.15, 0.2) is 5.79 Å². The van der Waals surface area contributed by atoms with Crippen LogP contribution in [-0.2, 0) is 9.47 Å². The molecule has 2 rings (SSSR count). The van der Waals surface area contributed by atoms with Crippen molar-refractivity contribution >= 4 is 11.8 Å². The Morgan fingerprint density at radius 1 is 1.46 bits per heavy atom. The van der Waals surface area contributed by atoms with E-state index in [-0.39, 0.29) is 0 Å². The summed E-state index contributed by atoms with van der Waals surface area (Å²) in [4.78, 5) is 0. The molecule has 2 aliphatic heterocycles. The highest BCUT2D eigenvalue weighted by Crippen LogP contribution is 2.29. The second-order valence-electron chi connectivity index (χ2n) is 3.94. The number of ether oxygens (including phenoxy) is 2. The first kappa shape index (κ1) is 9.77. The Morgan fingerprint density at radius 3 is 2.92 bits per heavy atom. The van der Waals surface area contributed by atoms with E-state index in [2.05, 4.69) is 5.32 Å². The molecule has 4 heteroatoms. The lowest BCUT2D eigenvalue weighted by Gasteiger charge is -2.38. The quantitative estimate of drug-likeness (QED) is 0.693. The van der Waals surface area contributed by atoms with Crippen LogP contribution in [0.5, 0.6) is 0 Å². The minimum atomic E-state index is -0.395. The minimum absolute atomic E-state index is 0.316. The molecular formula is C9H17NO2S. The second-order valence-corrected chi connectivity index (χ2v) is 5.19. The summed E-state index contributed by atoms with van der Waals surface area (Å²) in [5.41, 5.74) is 0. The SMILES string of the molecule is CC1(C)OCCC(C2NCCS2)O1. The molecule has 0 aromatic heterocycles. The van der Waals surface area contributed by atoms with Gasteiger partial charge in [-0.2, -0.15) is 0 Å². The number of thioether (sulfide) groups is 1. The summed E-state index contributed by atoms with van der Waals surface area (Å²) in [7, 11) is 0. The van der Waals surface area contributed by atoms with E-state index < -0.39 is 5.79 Å². The largest absolute Gasteiger partial charge is 0.350 e. The van der Waals surface area contributed by atoms with Gasteiger partial charge in [0, 0.05) is 12.3 Å². The van der Waals surface area contributed by atoms with Crippen molar-refractivity contribution in [3.8, 4) is 0 Å². The van der Waals surface area contributed by atoms with Crippen LogP contribution in [0.1, 0.15) is 20.3 Å². The maximum absolute atomic E-state index is 5.85. The van der Waals surface area contributed by atoms with E-state index in [1.165, 1.54) is 5.75 Å². The highest BCUT2D eigenvalue weighted by atomic mass is 32.2. The molecule has 0 radical (unpaired) electrons. The highest BCUT2D eigenvalue weighted by molar-refractivity contribution is 8.00. The number of hydrogen-bond donors (Lipinski definition) is 1. The normalized spacial score (nSPS) is 39.2. The molecule has 76 valence electrons. The molecule has 0 spiro atoms. The average molecular weight is 203 g/mol. The Balaban J connectivity index is 1.91. The minimum Gasteiger partial charge on any atom is -0.350 e. The molecule has 0 aliphatic carbocycles. The molecule has 2 heterocycles. The Hall–Kier alpha value is 0.230. The molecule has 2 fully saturated rings. The summed E-state index contributed by atoms with van der Waals surface area (Å²) < 4.78 is 11.3. The Labute approximate surface area is 83.5 Å². The molecule has 0 aromatic carbocycles. The topological polar surface area (TPSA) is 30.5 Å². The van der Waals surface area contributed by atoms with Gasteiger partial charge in [0.25, 0.3) is 0 Å². The second kappa shape index (κ2) is 3.77. The van der Waals surface area contributed by atoms with Gasteiger partial charge >= 0.3 is 0 Å². The third-order valence-corrected chi connectivity index (χ3v) is 3.64. The van der Waals surface area contributed by atoms with Gasteiger partial charge in [0.2, 0.25) is 0 Å². The maximum Gasteiger partial charge on any atom is 0.163 e. The summed E-state index contributed by atoms with van der Waals surface area (Å²) in [6.45, 7) is 5.89. The van der Waals surface area contributed by atoms with Crippen LogP contribution in [0, 0.1) is 0 Å². The molecular weight excluding hydrogens is 186 g/mol. The van der Waals surface area contributed by atoms with Crippen LogP contribution in [0.4, 0.5) is 0 Å². The van der Waals surface area contributed by atoms with Crippen molar-refractivity contribution in [3.63, 3.8) is 0 Å². The first-order valence-corrected chi connectivity index (χ1v) is 5.89. The van der Waals surface area contributed by atoms with Crippen LogP contribution in [0.3, 0.4) is 0 Å². The molecule has 0 amide bonds. The van der Waals surface area contributed by atoms with Crippen molar-refractivity contribution < 1.29 is 9.47 Å². The molecule has 2 aliphatic rings. The van der Waals surface area contributed by atoms with Crippen LogP contribution >= 0.6 is 11.8 Å². The fourth-order valence-electron chi connectivity index (χ4n) is 1.78. The van der Waals surface area contributed by atoms with Crippen molar-refractivity contribution in [2.24, 2.45) is 0 Å². The van der Waals surface area contributed by atoms with Crippen molar-refractivity contribution in [2.75, 3.05) is 18.9 Å². The summed E-state index contributed by atoms with van der Waals surface area (Å²) in [5.74, 6) is 0.805. The van der Waals surface area contributed by atoms with Gasteiger partial charge in [-0.05, 0) is 20.3 Å². The Kier molecular flexibility index (Phi) is 2.83. The van der Waals surface area contributed by atoms with Crippen LogP contribution < -0.4 is 5.32 Å². The Bertz CT molecular complexity index is 180. The fraction of sp³-hybridized carbons (Fsp3) is 1.00. The van der Waals surface area contributed by atoms with Gasteiger partial charge in [0.1, 0.15) is 0 Å². The van der Waals surface area contributed by atoms with E-state index in [0.717, 1.165) is 19.6 Å². The molecule has 0 saturated carbocycles. The third kappa shape index (κ3) is 2.37. The van der Waals surface area contributed by atoms with E-state index in [9.17, 15) is 0 Å². The predicted molar refractivity (Wildman–Crippen MR) is 53.8 cm³/mol. The van der Waals surface area contributed by atoms with Gasteiger partial charge in [-0.1, -0.05) is 0 Å². The number of rotatable bonds is 1. The van der Waals surface area contributed by atoms with Gasteiger partial charge < -0.3 is 14.8 Å². The van der Waals surface area contributed by atoms with Gasteiger partial charge in [-0.3, -0.25) is 0 Å². The first-order chi connectivity index (χ1) is 6.17. The van der Waals surface area contributed by atoms with Crippen molar-refractivity contribution in [3.05, 3.63) is 0 Å². The average Bonchev–Trinajstić information content (AvgIpc) is 2.53. The molecule has 1 N–H and O–H groups in total. The summed E-state index contributed by atoms with van der Waals surface area (Å²) in [6, 6.07) is 0. The smallest absolute Gasteiger partial charge is 0.163 e. The Morgan fingerprint density at radius 2 is 2.31 bits per heavy atom. The molecule has 13 heavy (non-hydrogen) atoms. The highest BCUT2D eigenvalue weighted by Gasteiger charge is 2.35. The maximum atomic E-state index is 5.85. The fourth-order valence-corrected chi connectivity index (χ4v) is 2.91. The van der Waals surface area contributed by atoms with Crippen molar-refractivity contribution in [2.45, 2.75) is 37.5 Å². The van der Waals surface area contributed by atoms with E-state index >= 15 is 0 Å². The lowest BCUT2D eigenvalue weighted by molar-refractivity contribution is -0.273. The zero-order valence-corrected chi connectivity index (χ0v) is 9.02. The van der Waals surface area contributed by atoms with Gasteiger partial charge in [-0.15, -0.1) is 11.8 Å². The molecule has 3 nitrogen and oxygen atoms in total. The summed E-state index contributed by atoms with van der Waals surface area (Å²) in [6.07, 6.45) is 1.32. The van der Waals surface area contributed by atoms with E-state index in [1.807, 2.05) is 25.6 Å². The molecule has 0 bridgehead atoms. The predicted octanol–water partition coefficient (Wildman–Crippen LogP) is 1.19. The summed E-state index contributed by atoms with van der Waals surface area (Å²) >= 11 is 1.96. The van der Waals surface area contributed by atoms with Crippen molar-refractivity contribution in [1.82, 2.24) is 5.32 Å². The monoisotopic (exact) mass is 203 g/mol. The van der Waals surface area contributed by atoms with E-state index in [0.29, 0.717) is 11.5 Å². The van der Waals surface area contributed by atoms with Crippen molar-refractivity contribution in [1.29, 1.82) is 0 Å². The van der Waals surface area contributed by atoms with Gasteiger partial charge in [0.05, 0.1) is 18.1 Å². The lowest BCUT2D eigenvalue weighted by Crippen LogP contribution is -2.46. The third-order valence-electron chi connectivity index (χ3n) is 2.37. The van der Waals surface area contributed by atoms with Crippen LogP contribution in [0.25, 0.3) is 0 Å². The van der Waals surface area contributed by atoms with Crippen LogP contribution in [-0.4, -0.2) is 36.2 Å². The molecule has 0 aromatic rings. The van der Waals surface area contributed by atoms with E-state index in [4.69, 9.17) is 9.47 Å². The molecule has 2 unspecified atom stereocenters. The zero-order valence-electron chi connectivity index (χ0n) is 8.21. The van der Waals surface area contributed by atoms with Crippen LogP contribution in [0.2, 0.25) is 0 Å². The number of hydrogen-bond acceptors (Lipinski definition) is 4. The zero-order chi connectivity index (χ0) is 9.31.